The van der Waals surface area contributed by atoms with Gasteiger partial charge >= 0.3 is 0 Å². The van der Waals surface area contributed by atoms with Gasteiger partial charge in [0.1, 0.15) is 13.2 Å². The van der Waals surface area contributed by atoms with Crippen LogP contribution in [0.1, 0.15) is 29.0 Å². The van der Waals surface area contributed by atoms with Crippen LogP contribution >= 0.6 is 0 Å². The minimum Gasteiger partial charge on any atom is -0.486 e. The lowest BCUT2D eigenvalue weighted by atomic mass is 10.1. The smallest absolute Gasteiger partial charge is 0.290 e. The average Bonchev–Trinajstić information content (AvgIpc) is 3.25. The van der Waals surface area contributed by atoms with Crippen molar-refractivity contribution in [3.8, 4) is 11.5 Å². The molecule has 0 bridgehead atoms. The monoisotopic (exact) mass is 299 g/mol. The van der Waals surface area contributed by atoms with Gasteiger partial charge in [-0.1, -0.05) is 6.07 Å². The molecule has 1 aliphatic carbocycles. The predicted octanol–water partition coefficient (Wildman–Crippen LogP) is 2.86. The second-order valence-electron chi connectivity index (χ2n) is 5.62. The molecule has 2 aromatic rings. The summed E-state index contributed by atoms with van der Waals surface area (Å²) in [6.45, 7) is 1.70. The Bertz CT molecular complexity index is 676. The topological polar surface area (TPSA) is 51.9 Å². The zero-order valence-electron chi connectivity index (χ0n) is 12.2. The van der Waals surface area contributed by atoms with E-state index in [2.05, 4.69) is 0 Å². The summed E-state index contributed by atoms with van der Waals surface area (Å²) in [5.74, 6) is 1.86. The molecule has 1 fully saturated rings. The molecule has 1 saturated carbocycles. The van der Waals surface area contributed by atoms with Gasteiger partial charge in [-0.15, -0.1) is 0 Å². The molecule has 0 spiro atoms. The molecule has 0 atom stereocenters. The number of fused-ring (bicyclic) bond motifs is 1. The second-order valence-corrected chi connectivity index (χ2v) is 5.62. The van der Waals surface area contributed by atoms with Gasteiger partial charge in [-0.05, 0) is 42.7 Å². The van der Waals surface area contributed by atoms with Crippen LogP contribution in [0.15, 0.2) is 41.0 Å². The van der Waals surface area contributed by atoms with E-state index >= 15 is 0 Å². The Morgan fingerprint density at radius 3 is 2.68 bits per heavy atom. The molecule has 1 aliphatic heterocycles. The van der Waals surface area contributed by atoms with Gasteiger partial charge in [-0.25, -0.2) is 0 Å². The summed E-state index contributed by atoms with van der Waals surface area (Å²) in [5, 5.41) is 0. The summed E-state index contributed by atoms with van der Waals surface area (Å²) in [7, 11) is 0. The Labute approximate surface area is 128 Å². The molecule has 5 nitrogen and oxygen atoms in total. The molecule has 0 saturated heterocycles. The predicted molar refractivity (Wildman–Crippen MR) is 79.0 cm³/mol. The minimum absolute atomic E-state index is 0.0533. The number of carbonyl (C=O) groups excluding carboxylic acids is 1. The fraction of sp³-hybridized carbons (Fsp3) is 0.353. The number of furan rings is 1. The van der Waals surface area contributed by atoms with Crippen LogP contribution in [0.2, 0.25) is 0 Å². The van der Waals surface area contributed by atoms with Gasteiger partial charge in [0.05, 0.1) is 6.26 Å². The van der Waals surface area contributed by atoms with Gasteiger partial charge < -0.3 is 18.8 Å². The number of amides is 1. The van der Waals surface area contributed by atoms with Crippen molar-refractivity contribution in [2.24, 2.45) is 0 Å². The van der Waals surface area contributed by atoms with E-state index in [0.717, 1.165) is 29.9 Å². The van der Waals surface area contributed by atoms with Crippen molar-refractivity contribution in [3.05, 3.63) is 47.9 Å². The van der Waals surface area contributed by atoms with Crippen LogP contribution in [0.3, 0.4) is 0 Å². The SMILES string of the molecule is O=C(c1ccco1)N(Cc1ccc2c(c1)OCCO2)C1CC1. The van der Waals surface area contributed by atoms with Crippen LogP contribution in [-0.2, 0) is 6.54 Å². The molecule has 0 N–H and O–H groups in total. The summed E-state index contributed by atoms with van der Waals surface area (Å²) in [6, 6.07) is 9.61. The Balaban J connectivity index is 1.56. The van der Waals surface area contributed by atoms with E-state index in [-0.39, 0.29) is 5.91 Å². The number of hydrogen-bond donors (Lipinski definition) is 0. The van der Waals surface area contributed by atoms with Crippen molar-refractivity contribution >= 4 is 5.91 Å². The van der Waals surface area contributed by atoms with Crippen molar-refractivity contribution < 1.29 is 18.7 Å². The highest BCUT2D eigenvalue weighted by Gasteiger charge is 2.34. The lowest BCUT2D eigenvalue weighted by Crippen LogP contribution is -2.32. The molecular formula is C17H17NO4. The normalized spacial score (nSPS) is 16.4. The molecule has 1 aromatic heterocycles. The molecule has 2 heterocycles. The molecule has 114 valence electrons. The number of rotatable bonds is 4. The van der Waals surface area contributed by atoms with Crippen molar-refractivity contribution in [3.63, 3.8) is 0 Å². The zero-order valence-corrected chi connectivity index (χ0v) is 12.2. The fourth-order valence-corrected chi connectivity index (χ4v) is 2.68. The Morgan fingerprint density at radius 1 is 1.14 bits per heavy atom. The van der Waals surface area contributed by atoms with Crippen LogP contribution < -0.4 is 9.47 Å². The first kappa shape index (κ1) is 13.2. The maximum Gasteiger partial charge on any atom is 0.290 e. The van der Waals surface area contributed by atoms with E-state index in [1.165, 1.54) is 6.26 Å². The second kappa shape index (κ2) is 5.40. The molecule has 1 aromatic carbocycles. The van der Waals surface area contributed by atoms with E-state index in [1.807, 2.05) is 23.1 Å². The Kier molecular flexibility index (Phi) is 3.25. The molecule has 4 rings (SSSR count). The highest BCUT2D eigenvalue weighted by Crippen LogP contribution is 2.34. The van der Waals surface area contributed by atoms with E-state index in [1.54, 1.807) is 12.1 Å². The maximum absolute atomic E-state index is 12.6. The van der Waals surface area contributed by atoms with Crippen LogP contribution in [0, 0.1) is 0 Å². The summed E-state index contributed by atoms with van der Waals surface area (Å²) in [5.41, 5.74) is 1.04. The fourth-order valence-electron chi connectivity index (χ4n) is 2.68. The van der Waals surface area contributed by atoms with Crippen LogP contribution in [-0.4, -0.2) is 30.1 Å². The molecule has 22 heavy (non-hydrogen) atoms. The summed E-state index contributed by atoms with van der Waals surface area (Å²) in [4.78, 5) is 14.4. The van der Waals surface area contributed by atoms with Crippen LogP contribution in [0.5, 0.6) is 11.5 Å². The third kappa shape index (κ3) is 2.54. The van der Waals surface area contributed by atoms with Crippen molar-refractivity contribution in [2.45, 2.75) is 25.4 Å². The van der Waals surface area contributed by atoms with Crippen LogP contribution in [0.4, 0.5) is 0 Å². The lowest BCUT2D eigenvalue weighted by Gasteiger charge is -2.23. The third-order valence-electron chi connectivity index (χ3n) is 3.94. The number of nitrogens with zero attached hydrogens (tertiary/aromatic N) is 1. The van der Waals surface area contributed by atoms with E-state index < -0.39 is 0 Å². The van der Waals surface area contributed by atoms with Crippen LogP contribution in [0.25, 0.3) is 0 Å². The Hall–Kier alpha value is -2.43. The number of benzene rings is 1. The summed E-state index contributed by atoms with van der Waals surface area (Å²) < 4.78 is 16.4. The first-order chi connectivity index (χ1) is 10.8. The van der Waals surface area contributed by atoms with Gasteiger partial charge in [-0.3, -0.25) is 4.79 Å². The van der Waals surface area contributed by atoms with Crippen molar-refractivity contribution in [1.29, 1.82) is 0 Å². The Morgan fingerprint density at radius 2 is 1.95 bits per heavy atom. The summed E-state index contributed by atoms with van der Waals surface area (Å²) >= 11 is 0. The van der Waals surface area contributed by atoms with Gasteiger partial charge in [0, 0.05) is 12.6 Å². The highest BCUT2D eigenvalue weighted by atomic mass is 16.6. The maximum atomic E-state index is 12.6. The van der Waals surface area contributed by atoms with Gasteiger partial charge in [-0.2, -0.15) is 0 Å². The molecule has 2 aliphatic rings. The number of carbonyl (C=O) groups is 1. The molecule has 1 amide bonds. The largest absolute Gasteiger partial charge is 0.486 e. The van der Waals surface area contributed by atoms with E-state index in [9.17, 15) is 4.79 Å². The van der Waals surface area contributed by atoms with Crippen molar-refractivity contribution in [1.82, 2.24) is 4.90 Å². The quantitative estimate of drug-likeness (QED) is 0.871. The number of hydrogen-bond acceptors (Lipinski definition) is 4. The number of ether oxygens (including phenoxy) is 2. The van der Waals surface area contributed by atoms with Crippen molar-refractivity contribution in [2.75, 3.05) is 13.2 Å². The zero-order chi connectivity index (χ0) is 14.9. The average molecular weight is 299 g/mol. The molecule has 5 heteroatoms. The molecular weight excluding hydrogens is 282 g/mol. The standard InChI is InChI=1S/C17H17NO4/c19-17(15-2-1-7-20-15)18(13-4-5-13)11-12-3-6-14-16(10-12)22-9-8-21-14/h1-3,6-7,10,13H,4-5,8-9,11H2. The van der Waals surface area contributed by atoms with Gasteiger partial charge in [0.15, 0.2) is 17.3 Å². The lowest BCUT2D eigenvalue weighted by molar-refractivity contribution is 0.0697. The first-order valence-corrected chi connectivity index (χ1v) is 7.54. The molecule has 0 unspecified atom stereocenters. The first-order valence-electron chi connectivity index (χ1n) is 7.54. The van der Waals surface area contributed by atoms with Gasteiger partial charge in [0.2, 0.25) is 0 Å². The summed E-state index contributed by atoms with van der Waals surface area (Å²) in [6.07, 6.45) is 3.64. The molecule has 0 radical (unpaired) electrons. The third-order valence-corrected chi connectivity index (χ3v) is 3.94. The van der Waals surface area contributed by atoms with Gasteiger partial charge in [0.25, 0.3) is 5.91 Å². The highest BCUT2D eigenvalue weighted by molar-refractivity contribution is 5.91. The minimum atomic E-state index is -0.0533. The van der Waals surface area contributed by atoms with E-state index in [0.29, 0.717) is 31.6 Å². The van der Waals surface area contributed by atoms with E-state index in [4.69, 9.17) is 13.9 Å².